The Morgan fingerprint density at radius 2 is 1.14 bits per heavy atom. The average molecular weight is 1090 g/mol. The Bertz CT molecular complexity index is 3330. The molecule has 0 atom stereocenters. The smallest absolute Gasteiger partial charge is 0.135 e. The molecule has 0 fully saturated rings. The van der Waals surface area contributed by atoms with Crippen molar-refractivity contribution < 1.29 is 25.8 Å². The molecule has 0 bridgehead atoms. The Morgan fingerprint density at radius 1 is 0.478 bits per heavy atom. The van der Waals surface area contributed by atoms with Crippen LogP contribution in [0.4, 0.5) is 22.7 Å². The number of pyridine rings is 1. The summed E-state index contributed by atoms with van der Waals surface area (Å²) in [6.45, 7) is 27.2. The van der Waals surface area contributed by atoms with Gasteiger partial charge >= 0.3 is 0 Å². The Kier molecular flexibility index (Phi) is 12.3. The molecule has 9 aromatic rings. The summed E-state index contributed by atoms with van der Waals surface area (Å²) in [6.07, 6.45) is 1.93. The molecule has 0 saturated heterocycles. The van der Waals surface area contributed by atoms with Crippen LogP contribution in [0.5, 0.6) is 11.5 Å². The summed E-state index contributed by atoms with van der Waals surface area (Å²) >= 11 is 0. The van der Waals surface area contributed by atoms with Gasteiger partial charge in [0.1, 0.15) is 5.82 Å². The summed E-state index contributed by atoms with van der Waals surface area (Å²) in [6, 6.07) is 64.1. The number of anilines is 4. The molecule has 10 rings (SSSR count). The second kappa shape index (κ2) is 17.8. The molecule has 0 radical (unpaired) electrons. The second-order valence-corrected chi connectivity index (χ2v) is 22.0. The first kappa shape index (κ1) is 47.6. The van der Waals surface area contributed by atoms with E-state index in [0.717, 1.165) is 50.4 Å². The quantitative estimate of drug-likeness (QED) is 0.142. The van der Waals surface area contributed by atoms with Crippen LogP contribution in [0, 0.1) is 18.8 Å². The van der Waals surface area contributed by atoms with Gasteiger partial charge in [-0.25, -0.2) is 4.98 Å². The van der Waals surface area contributed by atoms with E-state index in [2.05, 4.69) is 249 Å². The van der Waals surface area contributed by atoms with E-state index in [4.69, 9.17) is 9.72 Å². The number of benzene rings is 7. The van der Waals surface area contributed by atoms with Crippen LogP contribution in [0.3, 0.4) is 0 Å². The molecule has 6 heteroatoms. The van der Waals surface area contributed by atoms with Crippen molar-refractivity contribution in [2.45, 2.75) is 97.8 Å². The molecule has 0 amide bonds. The predicted octanol–water partition coefficient (Wildman–Crippen LogP) is 16.9. The van der Waals surface area contributed by atoms with Gasteiger partial charge in [0.05, 0.1) is 0 Å². The van der Waals surface area contributed by atoms with Gasteiger partial charge in [0, 0.05) is 66.8 Å². The van der Waals surface area contributed by atoms with E-state index in [1.54, 1.807) is 0 Å². The number of nitrogens with zero attached hydrogens (tertiary/aromatic N) is 4. The van der Waals surface area contributed by atoms with E-state index < -0.39 is 0 Å². The fourth-order valence-electron chi connectivity index (χ4n) is 9.40. The second-order valence-electron chi connectivity index (χ2n) is 22.0. The van der Waals surface area contributed by atoms with Gasteiger partial charge in [-0.05, 0) is 103 Å². The molecule has 0 saturated carbocycles. The minimum absolute atomic E-state index is 0. The van der Waals surface area contributed by atoms with Crippen molar-refractivity contribution in [1.29, 1.82) is 0 Å². The minimum Gasteiger partial charge on any atom is -0.509 e. The normalized spacial score (nSPS) is 13.2. The van der Waals surface area contributed by atoms with Gasteiger partial charge in [-0.15, -0.1) is 48.1 Å². The van der Waals surface area contributed by atoms with Gasteiger partial charge in [0.25, 0.3) is 0 Å². The van der Waals surface area contributed by atoms with Crippen LogP contribution < -0.4 is 14.5 Å². The molecule has 5 nitrogen and oxygen atoms in total. The zero-order chi connectivity index (χ0) is 47.8. The van der Waals surface area contributed by atoms with Gasteiger partial charge in [0.2, 0.25) is 0 Å². The van der Waals surface area contributed by atoms with E-state index in [-0.39, 0.29) is 42.7 Å². The summed E-state index contributed by atoms with van der Waals surface area (Å²) in [5, 5.41) is 2.25. The van der Waals surface area contributed by atoms with Crippen LogP contribution in [-0.2, 0) is 42.7 Å². The zero-order valence-electron chi connectivity index (χ0n) is 41.7. The van der Waals surface area contributed by atoms with Crippen LogP contribution in [-0.4, -0.2) is 9.55 Å². The molecule has 2 aromatic heterocycles. The van der Waals surface area contributed by atoms with Crippen molar-refractivity contribution in [2.24, 2.45) is 0 Å². The minimum atomic E-state index is -0.239. The van der Waals surface area contributed by atoms with Crippen molar-refractivity contribution in [1.82, 2.24) is 9.55 Å². The number of hydrogen-bond donors (Lipinski definition) is 0. The summed E-state index contributed by atoms with van der Waals surface area (Å²) < 4.78 is 9.01. The summed E-state index contributed by atoms with van der Waals surface area (Å²) in [5.74, 6) is 2.03. The van der Waals surface area contributed by atoms with Crippen molar-refractivity contribution in [3.63, 3.8) is 0 Å². The topological polar surface area (TPSA) is 33.5 Å². The third kappa shape index (κ3) is 9.15. The maximum atomic E-state index is 6.77. The summed E-state index contributed by atoms with van der Waals surface area (Å²) in [7, 11) is 0. The molecule has 3 heterocycles. The first-order valence-corrected chi connectivity index (χ1v) is 23.9. The molecule has 7 aromatic carbocycles. The van der Waals surface area contributed by atoms with Gasteiger partial charge in [-0.2, -0.15) is 12.1 Å². The summed E-state index contributed by atoms with van der Waals surface area (Å²) in [5.41, 5.74) is 14.4. The Morgan fingerprint density at radius 3 is 1.86 bits per heavy atom. The van der Waals surface area contributed by atoms with Crippen LogP contribution in [0.25, 0.3) is 38.8 Å². The number of aromatic nitrogens is 2. The molecule has 1 aliphatic heterocycles. The maximum Gasteiger partial charge on any atom is 0.135 e. The van der Waals surface area contributed by atoms with Crippen molar-refractivity contribution in [3.8, 4) is 28.4 Å². The zero-order valence-corrected chi connectivity index (χ0v) is 44.0. The predicted molar refractivity (Wildman–Crippen MR) is 284 cm³/mol. The molecule has 0 unspecified atom stereocenters. The third-order valence-electron chi connectivity index (χ3n) is 13.7. The number of ether oxygens (including phenoxy) is 1. The van der Waals surface area contributed by atoms with Crippen LogP contribution in [0.15, 0.2) is 164 Å². The molecule has 0 aliphatic carbocycles. The number of fused-ring (bicyclic) bond motifs is 4. The van der Waals surface area contributed by atoms with Crippen LogP contribution in [0.2, 0.25) is 0 Å². The average Bonchev–Trinajstić information content (AvgIpc) is 3.87. The van der Waals surface area contributed by atoms with Crippen LogP contribution in [0.1, 0.15) is 104 Å². The molecule has 1 aliphatic rings. The van der Waals surface area contributed by atoms with Crippen LogP contribution >= 0.6 is 0 Å². The first-order chi connectivity index (χ1) is 32.3. The fourth-order valence-corrected chi connectivity index (χ4v) is 9.40. The van der Waals surface area contributed by atoms with Gasteiger partial charge in [0.15, 0.2) is 0 Å². The first-order valence-electron chi connectivity index (χ1n) is 23.9. The van der Waals surface area contributed by atoms with Gasteiger partial charge in [-0.1, -0.05) is 167 Å². The molecule has 0 N–H and O–H groups in total. The molecule has 352 valence electrons. The van der Waals surface area contributed by atoms with Crippen molar-refractivity contribution >= 4 is 44.6 Å². The Balaban J connectivity index is 0.00000593. The molecular formula is C63H61N4OPt-3. The van der Waals surface area contributed by atoms with Crippen molar-refractivity contribution in [3.05, 3.63) is 211 Å². The maximum absolute atomic E-state index is 6.77. The molecule has 69 heavy (non-hydrogen) atoms. The van der Waals surface area contributed by atoms with E-state index in [1.807, 2.05) is 24.4 Å². The van der Waals surface area contributed by atoms with E-state index in [1.165, 1.54) is 38.9 Å². The monoisotopic (exact) mass is 1080 g/mol. The standard InChI is InChI=1S/C63H61N4O.Pt/c1-60(2,3)45-25-29-55-54(36-45)53-28-27-52(40-57(53)67(55)59-38-47(31-32-64-59)63(10,11)44-21-16-13-17-22-44)68-51-24-18-23-49(39-51)65-41-66(58-37-46(61(4,5)6)26-30-56(58)65)50-34-43(42-19-14-12-15-20-42)33-48(35-50)62(7,8)9;/h12-38,41H,1-11H3;/q-3;. The Hall–Kier alpha value is -6.42. The van der Waals surface area contributed by atoms with E-state index in [9.17, 15) is 0 Å². The number of hydrogen-bond acceptors (Lipinski definition) is 4. The van der Waals surface area contributed by atoms with E-state index in [0.29, 0.717) is 11.5 Å². The van der Waals surface area contributed by atoms with E-state index >= 15 is 0 Å². The molecular weight excluding hydrogens is 1020 g/mol. The largest absolute Gasteiger partial charge is 0.509 e. The van der Waals surface area contributed by atoms with Gasteiger partial charge in [-0.3, -0.25) is 0 Å². The Labute approximate surface area is 424 Å². The number of rotatable bonds is 8. The third-order valence-corrected chi connectivity index (χ3v) is 13.7. The molecule has 0 spiro atoms. The summed E-state index contributed by atoms with van der Waals surface area (Å²) in [4.78, 5) is 9.58. The van der Waals surface area contributed by atoms with Gasteiger partial charge < -0.3 is 19.1 Å². The SMILES string of the molecule is CC(C)(C)c1cc(-c2ccccc2)cc(N2[CH-]N(c3[c-]c(Oc4[c-]c5c(cc4)c4cc(C(C)(C)C)ccc4n5-c4cc(C(C)(C)c5ccccc5)ccn4)ccc3)c3ccc(C(C)(C)C)cc32)c1.[Pt]. The fraction of sp³-hybridized carbons (Fsp3) is 0.238. The van der Waals surface area contributed by atoms with Crippen molar-refractivity contribution in [2.75, 3.05) is 9.80 Å².